The molecule has 0 aliphatic heterocycles. The summed E-state index contributed by atoms with van der Waals surface area (Å²) in [6, 6.07) is 17.7. The van der Waals surface area contributed by atoms with Gasteiger partial charge < -0.3 is 10.2 Å². The van der Waals surface area contributed by atoms with Crippen molar-refractivity contribution in [3.05, 3.63) is 90.0 Å². The Morgan fingerprint density at radius 2 is 1.74 bits per heavy atom. The molecule has 1 heterocycles. The van der Waals surface area contributed by atoms with Gasteiger partial charge >= 0.3 is 0 Å². The van der Waals surface area contributed by atoms with Gasteiger partial charge in [-0.05, 0) is 55.5 Å². The van der Waals surface area contributed by atoms with E-state index in [1.165, 1.54) is 36.5 Å². The van der Waals surface area contributed by atoms with E-state index in [1.807, 2.05) is 37.3 Å². The average molecular weight is 363 g/mol. The van der Waals surface area contributed by atoms with Crippen molar-refractivity contribution in [2.24, 2.45) is 0 Å². The second-order valence-corrected chi connectivity index (χ2v) is 5.78. The highest BCUT2D eigenvalue weighted by molar-refractivity contribution is 6.08. The van der Waals surface area contributed by atoms with Gasteiger partial charge in [0.15, 0.2) is 0 Å². The fraction of sp³-hybridized carbons (Fsp3) is 0.0952. The van der Waals surface area contributed by atoms with Gasteiger partial charge in [-0.2, -0.15) is 0 Å². The summed E-state index contributed by atoms with van der Waals surface area (Å²) in [6.07, 6.45) is 1.42. The van der Waals surface area contributed by atoms with Gasteiger partial charge in [0, 0.05) is 29.7 Å². The molecule has 2 amide bonds. The van der Waals surface area contributed by atoms with Crippen molar-refractivity contribution in [2.45, 2.75) is 6.92 Å². The molecule has 136 valence electrons. The smallest absolute Gasteiger partial charge is 0.274 e. The largest absolute Gasteiger partial charge is 0.321 e. The summed E-state index contributed by atoms with van der Waals surface area (Å²) in [4.78, 5) is 30.9. The Morgan fingerprint density at radius 1 is 1.04 bits per heavy atom. The Balaban J connectivity index is 1.81. The molecule has 1 aromatic heterocycles. The molecule has 0 atom stereocenters. The maximum atomic E-state index is 13.0. The van der Waals surface area contributed by atoms with E-state index in [0.717, 1.165) is 5.69 Å². The van der Waals surface area contributed by atoms with E-state index in [4.69, 9.17) is 0 Å². The Labute approximate surface area is 156 Å². The number of amides is 2. The number of halogens is 1. The van der Waals surface area contributed by atoms with Gasteiger partial charge in [0.2, 0.25) is 0 Å². The third kappa shape index (κ3) is 4.36. The van der Waals surface area contributed by atoms with Gasteiger partial charge in [-0.1, -0.05) is 18.2 Å². The van der Waals surface area contributed by atoms with Gasteiger partial charge in [-0.25, -0.2) is 4.39 Å². The second kappa shape index (κ2) is 8.23. The van der Waals surface area contributed by atoms with Crippen molar-refractivity contribution in [1.29, 1.82) is 0 Å². The molecule has 0 unspecified atom stereocenters. The van der Waals surface area contributed by atoms with Gasteiger partial charge in [-0.3, -0.25) is 14.6 Å². The van der Waals surface area contributed by atoms with Crippen molar-refractivity contribution < 1.29 is 14.0 Å². The van der Waals surface area contributed by atoms with Crippen LogP contribution in [0, 0.1) is 5.82 Å². The molecule has 0 aliphatic carbocycles. The lowest BCUT2D eigenvalue weighted by Gasteiger charge is -2.21. The number of carbonyl (C=O) groups is 2. The first-order valence-electron chi connectivity index (χ1n) is 8.48. The topological polar surface area (TPSA) is 62.3 Å². The van der Waals surface area contributed by atoms with E-state index in [1.54, 1.807) is 11.0 Å². The van der Waals surface area contributed by atoms with Crippen molar-refractivity contribution in [1.82, 2.24) is 4.98 Å². The lowest BCUT2D eigenvalue weighted by atomic mass is 10.1. The van der Waals surface area contributed by atoms with E-state index >= 15 is 0 Å². The zero-order valence-corrected chi connectivity index (χ0v) is 14.7. The third-order valence-electron chi connectivity index (χ3n) is 3.97. The highest BCUT2D eigenvalue weighted by Crippen LogP contribution is 2.17. The maximum absolute atomic E-state index is 13.0. The highest BCUT2D eigenvalue weighted by Gasteiger charge is 2.18. The molecule has 1 N–H and O–H groups in total. The first-order chi connectivity index (χ1) is 13.1. The molecule has 27 heavy (non-hydrogen) atoms. The Bertz CT molecular complexity index is 943. The zero-order chi connectivity index (χ0) is 19.2. The van der Waals surface area contributed by atoms with Crippen molar-refractivity contribution in [3.8, 4) is 0 Å². The molecule has 3 aromatic rings. The van der Waals surface area contributed by atoms with Crippen LogP contribution in [-0.2, 0) is 0 Å². The maximum Gasteiger partial charge on any atom is 0.274 e. The molecule has 3 rings (SSSR count). The lowest BCUT2D eigenvalue weighted by molar-refractivity contribution is 0.0988. The molecule has 2 aromatic carbocycles. The van der Waals surface area contributed by atoms with Crippen LogP contribution in [0.5, 0.6) is 0 Å². The van der Waals surface area contributed by atoms with E-state index in [0.29, 0.717) is 17.8 Å². The van der Waals surface area contributed by atoms with E-state index in [9.17, 15) is 14.0 Å². The molecule has 5 nitrogen and oxygen atoms in total. The number of pyridine rings is 1. The molecule has 0 saturated heterocycles. The number of aromatic nitrogens is 1. The summed E-state index contributed by atoms with van der Waals surface area (Å²) < 4.78 is 13.0. The van der Waals surface area contributed by atoms with Gasteiger partial charge in [0.05, 0.1) is 0 Å². The molecular formula is C21H18FN3O2. The van der Waals surface area contributed by atoms with E-state index < -0.39 is 5.91 Å². The summed E-state index contributed by atoms with van der Waals surface area (Å²) >= 11 is 0. The SMILES string of the molecule is CCN(C(=O)c1ccnc(C(=O)Nc2ccc(F)cc2)c1)c1ccccc1. The fourth-order valence-corrected chi connectivity index (χ4v) is 2.62. The second-order valence-electron chi connectivity index (χ2n) is 5.78. The third-order valence-corrected chi connectivity index (χ3v) is 3.97. The number of para-hydroxylation sites is 1. The summed E-state index contributed by atoms with van der Waals surface area (Å²) in [7, 11) is 0. The number of anilines is 2. The minimum Gasteiger partial charge on any atom is -0.321 e. The summed E-state index contributed by atoms with van der Waals surface area (Å²) in [5.41, 5.74) is 1.69. The quantitative estimate of drug-likeness (QED) is 0.741. The Kier molecular flexibility index (Phi) is 5.56. The number of hydrogen-bond donors (Lipinski definition) is 1. The number of nitrogens with zero attached hydrogens (tertiary/aromatic N) is 2. The van der Waals surface area contributed by atoms with Gasteiger partial charge in [0.25, 0.3) is 11.8 Å². The minimum absolute atomic E-state index is 0.106. The van der Waals surface area contributed by atoms with Crippen LogP contribution in [-0.4, -0.2) is 23.3 Å². The first-order valence-corrected chi connectivity index (χ1v) is 8.48. The number of carbonyl (C=O) groups excluding carboxylic acids is 2. The highest BCUT2D eigenvalue weighted by atomic mass is 19.1. The predicted molar refractivity (Wildman–Crippen MR) is 102 cm³/mol. The van der Waals surface area contributed by atoms with E-state index in [-0.39, 0.29) is 17.4 Å². The van der Waals surface area contributed by atoms with Crippen LogP contribution < -0.4 is 10.2 Å². The standard InChI is InChI=1S/C21H18FN3O2/c1-2-25(18-6-4-3-5-7-18)21(27)15-12-13-23-19(14-15)20(26)24-17-10-8-16(22)9-11-17/h3-14H,2H2,1H3,(H,24,26). The molecule has 0 spiro atoms. The van der Waals surface area contributed by atoms with Crippen LogP contribution >= 0.6 is 0 Å². The monoisotopic (exact) mass is 363 g/mol. The van der Waals surface area contributed by atoms with Crippen LogP contribution in [0.25, 0.3) is 0 Å². The minimum atomic E-state index is -0.473. The van der Waals surface area contributed by atoms with Crippen LogP contribution in [0.2, 0.25) is 0 Å². The number of benzene rings is 2. The first kappa shape index (κ1) is 18.3. The van der Waals surface area contributed by atoms with Crippen molar-refractivity contribution in [3.63, 3.8) is 0 Å². The molecule has 0 bridgehead atoms. The van der Waals surface area contributed by atoms with Crippen LogP contribution in [0.4, 0.5) is 15.8 Å². The number of hydrogen-bond acceptors (Lipinski definition) is 3. The normalized spacial score (nSPS) is 10.3. The molecule has 0 aliphatic rings. The van der Waals surface area contributed by atoms with Gasteiger partial charge in [0.1, 0.15) is 11.5 Å². The Hall–Kier alpha value is -3.54. The predicted octanol–water partition coefficient (Wildman–Crippen LogP) is 4.14. The van der Waals surface area contributed by atoms with Crippen molar-refractivity contribution in [2.75, 3.05) is 16.8 Å². The molecule has 0 radical (unpaired) electrons. The van der Waals surface area contributed by atoms with Gasteiger partial charge in [-0.15, -0.1) is 0 Å². The average Bonchev–Trinajstić information content (AvgIpc) is 2.71. The number of rotatable bonds is 5. The molecule has 0 saturated carbocycles. The fourth-order valence-electron chi connectivity index (χ4n) is 2.62. The lowest BCUT2D eigenvalue weighted by Crippen LogP contribution is -2.30. The van der Waals surface area contributed by atoms with Crippen LogP contribution in [0.15, 0.2) is 72.9 Å². The van der Waals surface area contributed by atoms with Crippen molar-refractivity contribution >= 4 is 23.2 Å². The number of nitrogens with one attached hydrogen (secondary N) is 1. The van der Waals surface area contributed by atoms with Crippen LogP contribution in [0.3, 0.4) is 0 Å². The molecule has 0 fully saturated rings. The summed E-state index contributed by atoms with van der Waals surface area (Å²) in [6.45, 7) is 2.37. The Morgan fingerprint density at radius 3 is 2.41 bits per heavy atom. The zero-order valence-electron chi connectivity index (χ0n) is 14.7. The molecular weight excluding hydrogens is 345 g/mol. The summed E-state index contributed by atoms with van der Waals surface area (Å²) in [5, 5.41) is 2.63. The molecule has 6 heteroatoms. The van der Waals surface area contributed by atoms with Crippen LogP contribution in [0.1, 0.15) is 27.8 Å². The summed E-state index contributed by atoms with van der Waals surface area (Å²) in [5.74, 6) is -1.08. The van der Waals surface area contributed by atoms with E-state index in [2.05, 4.69) is 10.3 Å².